The Bertz CT molecular complexity index is 1020. The first-order valence-electron chi connectivity index (χ1n) is 8.69. The number of aliphatic hydroxyl groups is 1. The van der Waals surface area contributed by atoms with Crippen LogP contribution in [-0.2, 0) is 0 Å². The number of nitrogens with one attached hydrogen (secondary N) is 1. The maximum atomic E-state index is 12.7. The molecule has 0 radical (unpaired) electrons. The zero-order valence-electron chi connectivity index (χ0n) is 14.5. The zero-order valence-corrected chi connectivity index (χ0v) is 14.5. The summed E-state index contributed by atoms with van der Waals surface area (Å²) in [6.45, 7) is 2.71. The van der Waals surface area contributed by atoms with Gasteiger partial charge in [-0.2, -0.15) is 0 Å². The summed E-state index contributed by atoms with van der Waals surface area (Å²) in [6, 6.07) is 12.5. The number of benzene rings is 1. The molecule has 7 nitrogen and oxygen atoms in total. The van der Waals surface area contributed by atoms with Crippen molar-refractivity contribution in [2.24, 2.45) is 0 Å². The highest BCUT2D eigenvalue weighted by molar-refractivity contribution is 5.93. The van der Waals surface area contributed by atoms with Gasteiger partial charge in [0.1, 0.15) is 5.69 Å². The van der Waals surface area contributed by atoms with Gasteiger partial charge in [0.25, 0.3) is 11.5 Å². The molecule has 0 aliphatic carbocycles. The molecule has 1 unspecified atom stereocenters. The number of rotatable bonds is 3. The lowest BCUT2D eigenvalue weighted by Crippen LogP contribution is -2.35. The Kier molecular flexibility index (Phi) is 3.88. The van der Waals surface area contributed by atoms with Crippen LogP contribution in [0.15, 0.2) is 47.3 Å². The average Bonchev–Trinajstić information content (AvgIpc) is 3.27. The standard InChI is InChI=1S/C19H20N4O3/c1-2-19(26)8-9-22(12-19)18(25)15-10-16-20-14(11-17(24)23(16)21-15)13-6-4-3-5-7-13/h3-7,10-11,21,26H,2,8-9,12H2,1H3. The quantitative estimate of drug-likeness (QED) is 0.750. The minimum atomic E-state index is -0.822. The molecule has 1 aliphatic rings. The van der Waals surface area contributed by atoms with E-state index < -0.39 is 5.60 Å². The molecule has 1 atom stereocenters. The van der Waals surface area contributed by atoms with Gasteiger partial charge in [-0.05, 0) is 12.8 Å². The summed E-state index contributed by atoms with van der Waals surface area (Å²) in [5.74, 6) is -0.236. The van der Waals surface area contributed by atoms with E-state index in [4.69, 9.17) is 0 Å². The van der Waals surface area contributed by atoms with E-state index in [0.29, 0.717) is 43.0 Å². The molecule has 1 fully saturated rings. The van der Waals surface area contributed by atoms with Crippen molar-refractivity contribution in [2.45, 2.75) is 25.4 Å². The molecule has 2 aromatic heterocycles. The van der Waals surface area contributed by atoms with Crippen molar-refractivity contribution in [1.82, 2.24) is 19.5 Å². The minimum Gasteiger partial charge on any atom is -0.388 e. The number of carbonyl (C=O) groups is 1. The molecule has 134 valence electrons. The molecular weight excluding hydrogens is 332 g/mol. The lowest BCUT2D eigenvalue weighted by molar-refractivity contribution is 0.0411. The fourth-order valence-corrected chi connectivity index (χ4v) is 3.35. The summed E-state index contributed by atoms with van der Waals surface area (Å²) in [5, 5.41) is 13.2. The van der Waals surface area contributed by atoms with Gasteiger partial charge < -0.3 is 10.0 Å². The first-order chi connectivity index (χ1) is 12.5. The van der Waals surface area contributed by atoms with Crippen molar-refractivity contribution in [1.29, 1.82) is 0 Å². The van der Waals surface area contributed by atoms with Crippen LogP contribution in [0.2, 0.25) is 0 Å². The van der Waals surface area contributed by atoms with Crippen molar-refractivity contribution in [3.63, 3.8) is 0 Å². The van der Waals surface area contributed by atoms with Crippen LogP contribution in [0.25, 0.3) is 16.9 Å². The smallest absolute Gasteiger partial charge is 0.273 e. The molecule has 3 heterocycles. The molecule has 1 aliphatic heterocycles. The number of aromatic amines is 1. The Morgan fingerprint density at radius 2 is 2.08 bits per heavy atom. The summed E-state index contributed by atoms with van der Waals surface area (Å²) in [4.78, 5) is 31.2. The maximum absolute atomic E-state index is 12.7. The van der Waals surface area contributed by atoms with Crippen molar-refractivity contribution in [3.8, 4) is 11.3 Å². The predicted molar refractivity (Wildman–Crippen MR) is 97.0 cm³/mol. The molecule has 0 bridgehead atoms. The zero-order chi connectivity index (χ0) is 18.3. The fourth-order valence-electron chi connectivity index (χ4n) is 3.35. The first-order valence-corrected chi connectivity index (χ1v) is 8.69. The molecule has 3 aromatic rings. The Morgan fingerprint density at radius 1 is 1.31 bits per heavy atom. The second-order valence-electron chi connectivity index (χ2n) is 6.76. The largest absolute Gasteiger partial charge is 0.388 e. The number of likely N-dealkylation sites (tertiary alicyclic amines) is 1. The second kappa shape index (κ2) is 6.10. The molecule has 4 rings (SSSR count). The maximum Gasteiger partial charge on any atom is 0.273 e. The van der Waals surface area contributed by atoms with Gasteiger partial charge in [0.2, 0.25) is 0 Å². The van der Waals surface area contributed by atoms with Crippen LogP contribution in [-0.4, -0.2) is 49.2 Å². The molecule has 0 saturated carbocycles. The number of hydrogen-bond donors (Lipinski definition) is 2. The monoisotopic (exact) mass is 352 g/mol. The van der Waals surface area contributed by atoms with E-state index in [2.05, 4.69) is 10.1 Å². The highest BCUT2D eigenvalue weighted by Gasteiger charge is 2.37. The van der Waals surface area contributed by atoms with Crippen molar-refractivity contribution >= 4 is 11.6 Å². The number of nitrogens with zero attached hydrogens (tertiary/aromatic N) is 3. The summed E-state index contributed by atoms with van der Waals surface area (Å²) in [5.41, 5.74) is 0.991. The van der Waals surface area contributed by atoms with E-state index in [-0.39, 0.29) is 11.5 Å². The van der Waals surface area contributed by atoms with Crippen LogP contribution in [0.4, 0.5) is 0 Å². The summed E-state index contributed by atoms with van der Waals surface area (Å²) in [6.07, 6.45) is 1.16. The Labute approximate surface area is 149 Å². The van der Waals surface area contributed by atoms with E-state index in [1.807, 2.05) is 37.3 Å². The van der Waals surface area contributed by atoms with Gasteiger partial charge >= 0.3 is 0 Å². The van der Waals surface area contributed by atoms with Crippen LogP contribution in [0.1, 0.15) is 30.3 Å². The topological polar surface area (TPSA) is 90.7 Å². The predicted octanol–water partition coefficient (Wildman–Crippen LogP) is 1.68. The van der Waals surface area contributed by atoms with Crippen LogP contribution in [0, 0.1) is 0 Å². The highest BCUT2D eigenvalue weighted by Crippen LogP contribution is 2.25. The van der Waals surface area contributed by atoms with Crippen LogP contribution >= 0.6 is 0 Å². The number of fused-ring (bicyclic) bond motifs is 1. The van der Waals surface area contributed by atoms with Crippen molar-refractivity contribution in [2.75, 3.05) is 13.1 Å². The van der Waals surface area contributed by atoms with E-state index >= 15 is 0 Å². The molecule has 7 heteroatoms. The molecule has 2 N–H and O–H groups in total. The van der Waals surface area contributed by atoms with Gasteiger partial charge in [0, 0.05) is 30.8 Å². The van der Waals surface area contributed by atoms with Crippen LogP contribution < -0.4 is 5.56 Å². The summed E-state index contributed by atoms with van der Waals surface area (Å²) in [7, 11) is 0. The van der Waals surface area contributed by atoms with E-state index in [0.717, 1.165) is 5.56 Å². The van der Waals surface area contributed by atoms with Crippen molar-refractivity contribution < 1.29 is 9.90 Å². The summed E-state index contributed by atoms with van der Waals surface area (Å²) < 4.78 is 1.27. The van der Waals surface area contributed by atoms with Gasteiger partial charge in [0.05, 0.1) is 11.3 Å². The number of aromatic nitrogens is 3. The molecule has 1 aromatic carbocycles. The van der Waals surface area contributed by atoms with E-state index in [9.17, 15) is 14.7 Å². The first kappa shape index (κ1) is 16.5. The molecule has 1 saturated heterocycles. The molecule has 1 amide bonds. The molecular formula is C19H20N4O3. The number of hydrogen-bond acceptors (Lipinski definition) is 4. The van der Waals surface area contributed by atoms with Crippen LogP contribution in [0.5, 0.6) is 0 Å². The van der Waals surface area contributed by atoms with Gasteiger partial charge in [0.15, 0.2) is 5.65 Å². The third kappa shape index (κ3) is 2.80. The van der Waals surface area contributed by atoms with E-state index in [1.165, 1.54) is 10.6 Å². The second-order valence-corrected chi connectivity index (χ2v) is 6.76. The number of H-pyrrole nitrogens is 1. The van der Waals surface area contributed by atoms with Crippen molar-refractivity contribution in [3.05, 3.63) is 58.5 Å². The number of carbonyl (C=O) groups excluding carboxylic acids is 1. The summed E-state index contributed by atoms with van der Waals surface area (Å²) >= 11 is 0. The van der Waals surface area contributed by atoms with E-state index in [1.54, 1.807) is 11.0 Å². The van der Waals surface area contributed by atoms with Gasteiger partial charge in [-0.3, -0.25) is 14.7 Å². The third-order valence-corrected chi connectivity index (χ3v) is 5.03. The lowest BCUT2D eigenvalue weighted by atomic mass is 10.0. The van der Waals surface area contributed by atoms with Gasteiger partial charge in [-0.15, -0.1) is 0 Å². The highest BCUT2D eigenvalue weighted by atomic mass is 16.3. The third-order valence-electron chi connectivity index (χ3n) is 5.03. The lowest BCUT2D eigenvalue weighted by Gasteiger charge is -2.21. The molecule has 26 heavy (non-hydrogen) atoms. The average molecular weight is 352 g/mol. The fraction of sp³-hybridized carbons (Fsp3) is 0.316. The van der Waals surface area contributed by atoms with Crippen LogP contribution in [0.3, 0.4) is 0 Å². The Hall–Kier alpha value is -2.93. The number of amides is 1. The minimum absolute atomic E-state index is 0.236. The number of β-amino-alcohol motifs (C(OH)–C–C–N with tert-alkyl or cyclic N) is 1. The molecule has 0 spiro atoms. The Balaban J connectivity index is 1.69. The normalized spacial score (nSPS) is 20.0. The van der Waals surface area contributed by atoms with Gasteiger partial charge in [-0.1, -0.05) is 37.3 Å². The Morgan fingerprint density at radius 3 is 2.77 bits per heavy atom. The van der Waals surface area contributed by atoms with Gasteiger partial charge in [-0.25, -0.2) is 9.50 Å². The SMILES string of the molecule is CCC1(O)CCN(C(=O)c2cc3nc(-c4ccccc4)cc(=O)n3[nH]2)C1.